The van der Waals surface area contributed by atoms with E-state index in [-0.39, 0.29) is 30.2 Å². The Morgan fingerprint density at radius 1 is 1.04 bits per heavy atom. The van der Waals surface area contributed by atoms with Crippen molar-refractivity contribution in [2.45, 2.75) is 38.1 Å². The largest absolute Gasteiger partial charge is 0.497 e. The summed E-state index contributed by atoms with van der Waals surface area (Å²) in [4.78, 5) is 37.8. The monoisotopic (exact) mass is 390 g/mol. The van der Waals surface area contributed by atoms with Crippen molar-refractivity contribution < 1.29 is 29.0 Å². The number of carboxylic acid groups (broad SMARTS) is 1. The normalized spacial score (nSPS) is 24.7. The van der Waals surface area contributed by atoms with Gasteiger partial charge in [0.15, 0.2) is 0 Å². The topological polar surface area (TPSA) is 105 Å². The molecule has 8 nitrogen and oxygen atoms in total. The van der Waals surface area contributed by atoms with Crippen LogP contribution in [0.15, 0.2) is 18.2 Å². The Morgan fingerprint density at radius 2 is 1.64 bits per heavy atom. The lowest BCUT2D eigenvalue weighted by atomic mass is 9.86. The molecule has 28 heavy (non-hydrogen) atoms. The van der Waals surface area contributed by atoms with Crippen molar-refractivity contribution in [3.05, 3.63) is 18.2 Å². The average molecular weight is 390 g/mol. The number of carbonyl (C=O) groups is 3. The minimum Gasteiger partial charge on any atom is -0.497 e. The zero-order valence-electron chi connectivity index (χ0n) is 16.1. The number of rotatable bonds is 6. The highest BCUT2D eigenvalue weighted by Gasteiger charge is 2.37. The predicted octanol–water partition coefficient (Wildman–Crippen LogP) is 1.82. The summed E-state index contributed by atoms with van der Waals surface area (Å²) >= 11 is 0. The molecule has 2 fully saturated rings. The van der Waals surface area contributed by atoms with Crippen molar-refractivity contribution in [1.82, 2.24) is 5.32 Å². The number of hydrogen-bond donors (Lipinski definition) is 2. The molecule has 1 aromatic rings. The third-order valence-corrected chi connectivity index (χ3v) is 5.57. The van der Waals surface area contributed by atoms with E-state index in [1.165, 1.54) is 0 Å². The van der Waals surface area contributed by atoms with E-state index in [1.54, 1.807) is 37.3 Å². The summed E-state index contributed by atoms with van der Waals surface area (Å²) in [5.41, 5.74) is 0.637. The number of aliphatic carboxylic acids is 1. The number of ether oxygens (including phenoxy) is 2. The van der Waals surface area contributed by atoms with Crippen LogP contribution in [-0.4, -0.2) is 49.7 Å². The number of hydrogen-bond acceptors (Lipinski definition) is 5. The molecule has 1 aliphatic heterocycles. The molecular formula is C20H26N2O6. The maximum absolute atomic E-state index is 12.6. The lowest BCUT2D eigenvalue weighted by molar-refractivity contribution is -0.142. The van der Waals surface area contributed by atoms with Gasteiger partial charge in [-0.2, -0.15) is 0 Å². The molecule has 1 aromatic carbocycles. The summed E-state index contributed by atoms with van der Waals surface area (Å²) in [5, 5.41) is 12.1. The number of benzene rings is 1. The van der Waals surface area contributed by atoms with E-state index >= 15 is 0 Å². The molecule has 1 unspecified atom stereocenters. The fourth-order valence-electron chi connectivity index (χ4n) is 3.88. The number of carboxylic acids is 1. The van der Waals surface area contributed by atoms with Crippen molar-refractivity contribution in [2.75, 3.05) is 25.7 Å². The summed E-state index contributed by atoms with van der Waals surface area (Å²) in [6, 6.07) is 5.19. The van der Waals surface area contributed by atoms with Gasteiger partial charge in [-0.3, -0.25) is 14.4 Å². The minimum absolute atomic E-state index is 0.0239. The van der Waals surface area contributed by atoms with E-state index in [0.29, 0.717) is 49.4 Å². The maximum Gasteiger partial charge on any atom is 0.306 e. The van der Waals surface area contributed by atoms with Gasteiger partial charge in [-0.25, -0.2) is 0 Å². The van der Waals surface area contributed by atoms with Crippen LogP contribution in [0.5, 0.6) is 11.5 Å². The Labute approximate surface area is 163 Å². The van der Waals surface area contributed by atoms with Crippen LogP contribution in [-0.2, 0) is 14.4 Å². The molecular weight excluding hydrogens is 364 g/mol. The third kappa shape index (κ3) is 4.37. The van der Waals surface area contributed by atoms with Gasteiger partial charge in [0.2, 0.25) is 11.8 Å². The zero-order chi connectivity index (χ0) is 20.3. The van der Waals surface area contributed by atoms with Crippen molar-refractivity contribution in [1.29, 1.82) is 0 Å². The van der Waals surface area contributed by atoms with Crippen molar-refractivity contribution in [2.24, 2.45) is 11.8 Å². The Kier molecular flexibility index (Phi) is 6.06. The summed E-state index contributed by atoms with van der Waals surface area (Å²) in [7, 11) is 3.08. The van der Waals surface area contributed by atoms with E-state index in [2.05, 4.69) is 5.32 Å². The standard InChI is InChI=1S/C20H26N2O6/c1-27-16-8-15(9-17(10-16)28-2)22-11-13(7-18(22)23)19(24)21-14-5-3-12(4-6-14)20(25)26/h8-10,12-14H,3-7,11H2,1-2H3,(H,21,24)(H,25,26). The highest BCUT2D eigenvalue weighted by molar-refractivity contribution is 6.00. The second-order valence-corrected chi connectivity index (χ2v) is 7.37. The van der Waals surface area contributed by atoms with Crippen LogP contribution in [0.25, 0.3) is 0 Å². The van der Waals surface area contributed by atoms with Gasteiger partial charge in [0.1, 0.15) is 11.5 Å². The Bertz CT molecular complexity index is 735. The van der Waals surface area contributed by atoms with E-state index < -0.39 is 11.9 Å². The second-order valence-electron chi connectivity index (χ2n) is 7.37. The van der Waals surface area contributed by atoms with Gasteiger partial charge in [-0.15, -0.1) is 0 Å². The quantitative estimate of drug-likeness (QED) is 0.768. The minimum atomic E-state index is -0.768. The summed E-state index contributed by atoms with van der Waals surface area (Å²) in [5.74, 6) is -0.637. The average Bonchev–Trinajstić information content (AvgIpc) is 3.09. The summed E-state index contributed by atoms with van der Waals surface area (Å²) in [6.45, 7) is 0.297. The van der Waals surface area contributed by atoms with Gasteiger partial charge < -0.3 is 24.8 Å². The van der Waals surface area contributed by atoms with Gasteiger partial charge in [0, 0.05) is 37.2 Å². The van der Waals surface area contributed by atoms with E-state index in [0.717, 1.165) is 0 Å². The first-order chi connectivity index (χ1) is 13.4. The van der Waals surface area contributed by atoms with E-state index in [4.69, 9.17) is 14.6 Å². The molecule has 2 N–H and O–H groups in total. The second kappa shape index (κ2) is 8.50. The van der Waals surface area contributed by atoms with Gasteiger partial charge in [0.05, 0.1) is 31.7 Å². The number of anilines is 1. The lowest BCUT2D eigenvalue weighted by Crippen LogP contribution is -2.42. The molecule has 8 heteroatoms. The Balaban J connectivity index is 1.61. The number of nitrogens with one attached hydrogen (secondary N) is 1. The lowest BCUT2D eigenvalue weighted by Gasteiger charge is -2.27. The highest BCUT2D eigenvalue weighted by atomic mass is 16.5. The summed E-state index contributed by atoms with van der Waals surface area (Å²) < 4.78 is 10.5. The van der Waals surface area contributed by atoms with Gasteiger partial charge in [-0.1, -0.05) is 0 Å². The molecule has 0 aromatic heterocycles. The first kappa shape index (κ1) is 20.0. The smallest absolute Gasteiger partial charge is 0.306 e. The number of carbonyl (C=O) groups excluding carboxylic acids is 2. The molecule has 0 spiro atoms. The molecule has 0 bridgehead atoms. The molecule has 1 aliphatic carbocycles. The van der Waals surface area contributed by atoms with Crippen molar-refractivity contribution in [3.63, 3.8) is 0 Å². The first-order valence-electron chi connectivity index (χ1n) is 9.48. The molecule has 1 saturated carbocycles. The van der Waals surface area contributed by atoms with E-state index in [1.807, 2.05) is 0 Å². The number of amides is 2. The van der Waals surface area contributed by atoms with Crippen LogP contribution < -0.4 is 19.7 Å². The number of nitrogens with zero attached hydrogens (tertiary/aromatic N) is 1. The molecule has 1 atom stereocenters. The molecule has 152 valence electrons. The zero-order valence-corrected chi connectivity index (χ0v) is 16.1. The van der Waals surface area contributed by atoms with Gasteiger partial charge in [0.25, 0.3) is 0 Å². The molecule has 3 rings (SSSR count). The van der Waals surface area contributed by atoms with Crippen LogP contribution in [0.4, 0.5) is 5.69 Å². The van der Waals surface area contributed by atoms with Crippen LogP contribution >= 0.6 is 0 Å². The molecule has 2 aliphatic rings. The molecule has 0 radical (unpaired) electrons. The van der Waals surface area contributed by atoms with Crippen LogP contribution in [0, 0.1) is 11.8 Å². The molecule has 2 amide bonds. The fraction of sp³-hybridized carbons (Fsp3) is 0.550. The van der Waals surface area contributed by atoms with Crippen molar-refractivity contribution in [3.8, 4) is 11.5 Å². The van der Waals surface area contributed by atoms with E-state index in [9.17, 15) is 14.4 Å². The first-order valence-corrected chi connectivity index (χ1v) is 9.48. The molecule has 1 saturated heterocycles. The molecule has 1 heterocycles. The third-order valence-electron chi connectivity index (χ3n) is 5.57. The number of methoxy groups -OCH3 is 2. The van der Waals surface area contributed by atoms with Crippen LogP contribution in [0.3, 0.4) is 0 Å². The SMILES string of the molecule is COc1cc(OC)cc(N2CC(C(=O)NC3CCC(C(=O)O)CC3)CC2=O)c1. The Morgan fingerprint density at radius 3 is 2.18 bits per heavy atom. The van der Waals surface area contributed by atoms with Crippen LogP contribution in [0.2, 0.25) is 0 Å². The fourth-order valence-corrected chi connectivity index (χ4v) is 3.88. The maximum atomic E-state index is 12.6. The van der Waals surface area contributed by atoms with Crippen LogP contribution in [0.1, 0.15) is 32.1 Å². The Hall–Kier alpha value is -2.77. The summed E-state index contributed by atoms with van der Waals surface area (Å²) in [6.07, 6.45) is 2.59. The predicted molar refractivity (Wildman–Crippen MR) is 102 cm³/mol. The van der Waals surface area contributed by atoms with Gasteiger partial charge in [-0.05, 0) is 25.7 Å². The van der Waals surface area contributed by atoms with Crippen molar-refractivity contribution >= 4 is 23.5 Å². The van der Waals surface area contributed by atoms with Gasteiger partial charge >= 0.3 is 5.97 Å². The highest BCUT2D eigenvalue weighted by Crippen LogP contribution is 2.32.